The Bertz CT molecular complexity index is 203. The van der Waals surface area contributed by atoms with Gasteiger partial charge < -0.3 is 24.6 Å². The van der Waals surface area contributed by atoms with Crippen molar-refractivity contribution in [2.24, 2.45) is 0 Å². The Labute approximate surface area is 110 Å². The molecule has 0 aliphatic heterocycles. The van der Waals surface area contributed by atoms with Crippen LogP contribution in [0.4, 0.5) is 0 Å². The summed E-state index contributed by atoms with van der Waals surface area (Å²) in [5.74, 6) is 0. The normalized spacial score (nSPS) is 26.2. The minimum atomic E-state index is -0.454. The summed E-state index contributed by atoms with van der Waals surface area (Å²) in [6.45, 7) is 2.35. The van der Waals surface area contributed by atoms with E-state index in [1.807, 2.05) is 0 Å². The van der Waals surface area contributed by atoms with Crippen molar-refractivity contribution >= 4 is 0 Å². The van der Waals surface area contributed by atoms with Gasteiger partial charge in [0.05, 0.1) is 31.5 Å². The summed E-state index contributed by atoms with van der Waals surface area (Å²) in [6, 6.07) is 0. The molecule has 0 spiro atoms. The summed E-state index contributed by atoms with van der Waals surface area (Å²) in [7, 11) is 3.41. The summed E-state index contributed by atoms with van der Waals surface area (Å²) < 4.78 is 16.0. The molecule has 1 aliphatic rings. The number of rotatable bonds is 9. The van der Waals surface area contributed by atoms with E-state index in [0.29, 0.717) is 25.9 Å². The first-order valence-electron chi connectivity index (χ1n) is 6.78. The second-order valence-electron chi connectivity index (χ2n) is 4.83. The molecule has 108 valence electrons. The smallest absolute Gasteiger partial charge is 0.0897 e. The van der Waals surface area contributed by atoms with Crippen LogP contribution in [0.1, 0.15) is 25.7 Å². The molecular weight excluding hydrogens is 234 g/mol. The number of hydrogen-bond acceptors (Lipinski definition) is 5. The number of aliphatic hydroxyl groups excluding tert-OH is 1. The summed E-state index contributed by atoms with van der Waals surface area (Å²) in [6.07, 6.45) is 4.38. The fraction of sp³-hybridized carbons (Fsp3) is 1.00. The Balaban J connectivity index is 2.04. The predicted octanol–water partition coefficient (Wildman–Crippen LogP) is 0.558. The van der Waals surface area contributed by atoms with Gasteiger partial charge in [-0.2, -0.15) is 0 Å². The molecule has 1 fully saturated rings. The molecule has 0 heterocycles. The average molecular weight is 261 g/mol. The van der Waals surface area contributed by atoms with E-state index in [0.717, 1.165) is 32.2 Å². The molecule has 0 radical (unpaired) electrons. The maximum absolute atomic E-state index is 9.74. The van der Waals surface area contributed by atoms with Crippen molar-refractivity contribution in [3.05, 3.63) is 0 Å². The van der Waals surface area contributed by atoms with E-state index in [9.17, 15) is 5.11 Å². The maximum atomic E-state index is 9.74. The highest BCUT2D eigenvalue weighted by Gasteiger charge is 2.22. The Hall–Kier alpha value is -0.200. The first kappa shape index (κ1) is 15.9. The van der Waals surface area contributed by atoms with E-state index < -0.39 is 6.10 Å². The first-order chi connectivity index (χ1) is 8.76. The molecular formula is C13H27NO4. The third-order valence-corrected chi connectivity index (χ3v) is 3.30. The van der Waals surface area contributed by atoms with Gasteiger partial charge in [0.25, 0.3) is 0 Å². The lowest BCUT2D eigenvalue weighted by atomic mass is 9.95. The highest BCUT2D eigenvalue weighted by Crippen LogP contribution is 2.22. The molecule has 0 aromatic heterocycles. The second-order valence-corrected chi connectivity index (χ2v) is 4.83. The van der Waals surface area contributed by atoms with E-state index in [1.165, 1.54) is 0 Å². The summed E-state index contributed by atoms with van der Waals surface area (Å²) in [5, 5.41) is 12.9. The Morgan fingerprint density at radius 2 is 2.06 bits per heavy atom. The zero-order chi connectivity index (χ0) is 13.2. The van der Waals surface area contributed by atoms with Crippen LogP contribution in [0.2, 0.25) is 0 Å². The number of methoxy groups -OCH3 is 2. The van der Waals surface area contributed by atoms with Crippen LogP contribution in [0.3, 0.4) is 0 Å². The highest BCUT2D eigenvalue weighted by atomic mass is 16.5. The van der Waals surface area contributed by atoms with Crippen LogP contribution in [-0.4, -0.2) is 63.9 Å². The van der Waals surface area contributed by atoms with Crippen LogP contribution in [0.15, 0.2) is 0 Å². The Morgan fingerprint density at radius 3 is 2.78 bits per heavy atom. The van der Waals surface area contributed by atoms with Crippen molar-refractivity contribution in [2.75, 3.05) is 40.5 Å². The van der Waals surface area contributed by atoms with Gasteiger partial charge >= 0.3 is 0 Å². The molecule has 1 saturated carbocycles. The fourth-order valence-electron chi connectivity index (χ4n) is 2.22. The SMILES string of the molecule is COCCNCC(O)COC1CCCC(OC)C1. The lowest BCUT2D eigenvalue weighted by Crippen LogP contribution is -2.35. The number of nitrogens with one attached hydrogen (secondary N) is 1. The molecule has 5 heteroatoms. The minimum absolute atomic E-state index is 0.234. The van der Waals surface area contributed by atoms with Crippen LogP contribution in [0.25, 0.3) is 0 Å². The van der Waals surface area contributed by atoms with Crippen molar-refractivity contribution in [3.8, 4) is 0 Å². The summed E-state index contributed by atoms with van der Waals surface area (Å²) in [4.78, 5) is 0. The van der Waals surface area contributed by atoms with Crippen LogP contribution < -0.4 is 5.32 Å². The Kier molecular flexibility index (Phi) is 8.54. The molecule has 0 aromatic rings. The van der Waals surface area contributed by atoms with Gasteiger partial charge in [-0.05, 0) is 25.7 Å². The third-order valence-electron chi connectivity index (χ3n) is 3.30. The quantitative estimate of drug-likeness (QED) is 0.594. The van der Waals surface area contributed by atoms with Gasteiger partial charge in [-0.1, -0.05) is 0 Å². The standard InChI is InChI=1S/C13H27NO4/c1-16-7-6-14-9-11(15)10-18-13-5-3-4-12(8-13)17-2/h11-15H,3-10H2,1-2H3. The van der Waals surface area contributed by atoms with Crippen molar-refractivity contribution in [2.45, 2.75) is 44.0 Å². The van der Waals surface area contributed by atoms with Gasteiger partial charge in [-0.25, -0.2) is 0 Å². The van der Waals surface area contributed by atoms with Gasteiger partial charge in [-0.3, -0.25) is 0 Å². The van der Waals surface area contributed by atoms with Crippen LogP contribution in [0, 0.1) is 0 Å². The third kappa shape index (κ3) is 6.66. The van der Waals surface area contributed by atoms with Crippen molar-refractivity contribution in [1.29, 1.82) is 0 Å². The zero-order valence-corrected chi connectivity index (χ0v) is 11.6. The van der Waals surface area contributed by atoms with Gasteiger partial charge in [0.1, 0.15) is 0 Å². The van der Waals surface area contributed by atoms with Gasteiger partial charge in [-0.15, -0.1) is 0 Å². The average Bonchev–Trinajstić information content (AvgIpc) is 2.41. The number of hydrogen-bond donors (Lipinski definition) is 2. The monoisotopic (exact) mass is 261 g/mol. The molecule has 0 saturated heterocycles. The lowest BCUT2D eigenvalue weighted by molar-refractivity contribution is -0.0558. The molecule has 5 nitrogen and oxygen atoms in total. The van der Waals surface area contributed by atoms with Crippen molar-refractivity contribution < 1.29 is 19.3 Å². The molecule has 1 rings (SSSR count). The number of aliphatic hydroxyl groups is 1. The van der Waals surface area contributed by atoms with Crippen molar-refractivity contribution in [3.63, 3.8) is 0 Å². The van der Waals surface area contributed by atoms with E-state index >= 15 is 0 Å². The van der Waals surface area contributed by atoms with Crippen LogP contribution in [-0.2, 0) is 14.2 Å². The highest BCUT2D eigenvalue weighted by molar-refractivity contribution is 4.74. The molecule has 3 unspecified atom stereocenters. The first-order valence-corrected chi connectivity index (χ1v) is 6.78. The molecule has 0 bridgehead atoms. The molecule has 1 aliphatic carbocycles. The molecule has 0 amide bonds. The van der Waals surface area contributed by atoms with Crippen LogP contribution in [0.5, 0.6) is 0 Å². The lowest BCUT2D eigenvalue weighted by Gasteiger charge is -2.28. The molecule has 3 atom stereocenters. The molecule has 0 aromatic carbocycles. The van der Waals surface area contributed by atoms with E-state index in [4.69, 9.17) is 14.2 Å². The largest absolute Gasteiger partial charge is 0.389 e. The van der Waals surface area contributed by atoms with Gasteiger partial charge in [0, 0.05) is 27.3 Å². The van der Waals surface area contributed by atoms with Crippen LogP contribution >= 0.6 is 0 Å². The fourth-order valence-corrected chi connectivity index (χ4v) is 2.22. The van der Waals surface area contributed by atoms with Gasteiger partial charge in [0.15, 0.2) is 0 Å². The van der Waals surface area contributed by atoms with Crippen molar-refractivity contribution in [1.82, 2.24) is 5.32 Å². The van der Waals surface area contributed by atoms with Gasteiger partial charge in [0.2, 0.25) is 0 Å². The maximum Gasteiger partial charge on any atom is 0.0897 e. The molecule has 18 heavy (non-hydrogen) atoms. The van der Waals surface area contributed by atoms with E-state index in [-0.39, 0.29) is 6.10 Å². The minimum Gasteiger partial charge on any atom is -0.389 e. The van der Waals surface area contributed by atoms with E-state index in [2.05, 4.69) is 5.32 Å². The summed E-state index contributed by atoms with van der Waals surface area (Å²) in [5.41, 5.74) is 0. The predicted molar refractivity (Wildman–Crippen MR) is 69.8 cm³/mol. The Morgan fingerprint density at radius 1 is 1.28 bits per heavy atom. The molecule has 2 N–H and O–H groups in total. The van der Waals surface area contributed by atoms with E-state index in [1.54, 1.807) is 14.2 Å². The summed E-state index contributed by atoms with van der Waals surface area (Å²) >= 11 is 0. The topological polar surface area (TPSA) is 60.0 Å². The number of ether oxygens (including phenoxy) is 3. The zero-order valence-electron chi connectivity index (χ0n) is 11.6. The second kappa shape index (κ2) is 9.69.